The van der Waals surface area contributed by atoms with Crippen LogP contribution in [0.4, 0.5) is 5.82 Å². The normalized spacial score (nSPS) is 21.9. The SMILES string of the molecule is CC1(c2cn(N3C=NC4c5ccccc5-n5cncc5N43)nn2)CC1. The highest BCUT2D eigenvalue weighted by molar-refractivity contribution is 5.78. The molecule has 1 aliphatic carbocycles. The van der Waals surface area contributed by atoms with E-state index in [0.717, 1.165) is 22.8 Å². The molecule has 6 rings (SSSR count). The molecule has 1 aromatic carbocycles. The molecule has 1 atom stereocenters. The molecule has 0 amide bonds. The van der Waals surface area contributed by atoms with Crippen LogP contribution >= 0.6 is 0 Å². The smallest absolute Gasteiger partial charge is 0.173 e. The summed E-state index contributed by atoms with van der Waals surface area (Å²) >= 11 is 0. The lowest BCUT2D eigenvalue weighted by molar-refractivity contribution is 0.540. The molecule has 0 N–H and O–H groups in total. The van der Waals surface area contributed by atoms with E-state index < -0.39 is 0 Å². The highest BCUT2D eigenvalue weighted by Crippen LogP contribution is 2.46. The van der Waals surface area contributed by atoms with Crippen molar-refractivity contribution in [1.82, 2.24) is 24.7 Å². The third-order valence-corrected chi connectivity index (χ3v) is 5.40. The molecule has 1 fully saturated rings. The number of hydrazine groups is 1. The van der Waals surface area contributed by atoms with Gasteiger partial charge in [-0.3, -0.25) is 4.57 Å². The number of para-hydroxylation sites is 1. The lowest BCUT2D eigenvalue weighted by Crippen LogP contribution is -2.49. The zero-order chi connectivity index (χ0) is 16.6. The van der Waals surface area contributed by atoms with Gasteiger partial charge in [0.1, 0.15) is 12.7 Å². The van der Waals surface area contributed by atoms with E-state index in [1.807, 2.05) is 36.0 Å². The predicted octanol–water partition coefficient (Wildman–Crippen LogP) is 1.93. The van der Waals surface area contributed by atoms with Crippen LogP contribution in [0, 0.1) is 0 Å². The van der Waals surface area contributed by atoms with Gasteiger partial charge in [0, 0.05) is 11.0 Å². The summed E-state index contributed by atoms with van der Waals surface area (Å²) in [6.07, 6.45) is 9.72. The molecule has 0 spiro atoms. The fourth-order valence-corrected chi connectivity index (χ4v) is 3.59. The van der Waals surface area contributed by atoms with Gasteiger partial charge in [0.15, 0.2) is 12.0 Å². The lowest BCUT2D eigenvalue weighted by Gasteiger charge is -2.36. The van der Waals surface area contributed by atoms with Gasteiger partial charge in [-0.2, -0.15) is 5.12 Å². The minimum atomic E-state index is -0.121. The standard InChI is InChI=1S/C17H16N8/c1-17(6-7-17)14-9-23(21-20-14)24-11-19-16-12-4-2-3-5-13(12)22-10-18-8-15(22)25(16)24/h2-5,8-11,16H,6-7H2,1H3. The largest absolute Gasteiger partial charge is 0.284 e. The average Bonchev–Trinajstić information content (AvgIpc) is 3.12. The maximum absolute atomic E-state index is 4.72. The number of anilines is 1. The molecule has 2 aliphatic heterocycles. The summed E-state index contributed by atoms with van der Waals surface area (Å²) in [6.45, 7) is 2.23. The molecule has 0 radical (unpaired) electrons. The number of rotatable bonds is 2. The average molecular weight is 332 g/mol. The number of imidazole rings is 1. The maximum atomic E-state index is 4.72. The van der Waals surface area contributed by atoms with Gasteiger partial charge in [-0.05, 0) is 24.1 Å². The molecule has 1 unspecified atom stereocenters. The third-order valence-electron chi connectivity index (χ3n) is 5.40. The summed E-state index contributed by atoms with van der Waals surface area (Å²) in [5.41, 5.74) is 3.47. The number of aromatic nitrogens is 5. The van der Waals surface area contributed by atoms with Crippen LogP contribution in [0.2, 0.25) is 0 Å². The van der Waals surface area contributed by atoms with Crippen molar-refractivity contribution < 1.29 is 0 Å². The Balaban J connectivity index is 1.47. The van der Waals surface area contributed by atoms with Crippen molar-refractivity contribution in [2.75, 3.05) is 10.1 Å². The van der Waals surface area contributed by atoms with Crippen LogP contribution < -0.4 is 10.1 Å². The summed E-state index contributed by atoms with van der Waals surface area (Å²) in [7, 11) is 0. The van der Waals surface area contributed by atoms with Crippen molar-refractivity contribution >= 4 is 12.2 Å². The first-order chi connectivity index (χ1) is 12.2. The second kappa shape index (κ2) is 4.27. The van der Waals surface area contributed by atoms with E-state index in [-0.39, 0.29) is 11.6 Å². The van der Waals surface area contributed by atoms with E-state index in [1.54, 1.807) is 11.1 Å². The van der Waals surface area contributed by atoms with E-state index in [4.69, 9.17) is 4.99 Å². The summed E-state index contributed by atoms with van der Waals surface area (Å²) in [6, 6.07) is 8.28. The molecule has 2 aromatic heterocycles. The first-order valence-corrected chi connectivity index (χ1v) is 8.41. The number of benzene rings is 1. The summed E-state index contributed by atoms with van der Waals surface area (Å²) in [5, 5.41) is 12.7. The first kappa shape index (κ1) is 13.2. The Morgan fingerprint density at radius 2 is 2.08 bits per heavy atom. The maximum Gasteiger partial charge on any atom is 0.173 e. The monoisotopic (exact) mass is 332 g/mol. The van der Waals surface area contributed by atoms with Crippen molar-refractivity contribution in [3.8, 4) is 5.69 Å². The van der Waals surface area contributed by atoms with Crippen LogP contribution in [-0.2, 0) is 5.41 Å². The number of aliphatic imine (C=N–C) groups is 1. The minimum absolute atomic E-state index is 0.121. The van der Waals surface area contributed by atoms with Crippen LogP contribution in [0.3, 0.4) is 0 Å². The van der Waals surface area contributed by atoms with Crippen LogP contribution in [-0.4, -0.2) is 31.0 Å². The van der Waals surface area contributed by atoms with Gasteiger partial charge in [0.05, 0.1) is 23.8 Å². The molecular formula is C17H16N8. The molecular weight excluding hydrogens is 316 g/mol. The van der Waals surface area contributed by atoms with Crippen molar-refractivity contribution in [1.29, 1.82) is 0 Å². The van der Waals surface area contributed by atoms with E-state index in [1.165, 1.54) is 12.8 Å². The van der Waals surface area contributed by atoms with Crippen molar-refractivity contribution in [3.63, 3.8) is 0 Å². The Hall–Kier alpha value is -3.16. The third kappa shape index (κ3) is 1.66. The van der Waals surface area contributed by atoms with Gasteiger partial charge in [0.2, 0.25) is 0 Å². The number of nitrogens with zero attached hydrogens (tertiary/aromatic N) is 8. The summed E-state index contributed by atoms with van der Waals surface area (Å²) in [4.78, 5) is 10.8. The highest BCUT2D eigenvalue weighted by Gasteiger charge is 2.43. The van der Waals surface area contributed by atoms with Crippen molar-refractivity contribution in [2.45, 2.75) is 31.3 Å². The van der Waals surface area contributed by atoms with Gasteiger partial charge in [-0.15, -0.1) is 9.89 Å². The molecule has 124 valence electrons. The first-order valence-electron chi connectivity index (χ1n) is 8.41. The fourth-order valence-electron chi connectivity index (χ4n) is 3.59. The van der Waals surface area contributed by atoms with Gasteiger partial charge in [-0.1, -0.05) is 25.1 Å². The van der Waals surface area contributed by atoms with Gasteiger partial charge in [0.25, 0.3) is 0 Å². The fraction of sp³-hybridized carbons (Fsp3) is 0.294. The Kier molecular flexibility index (Phi) is 2.25. The quantitative estimate of drug-likeness (QED) is 0.717. The molecule has 8 heteroatoms. The second-order valence-electron chi connectivity index (χ2n) is 7.07. The second-order valence-corrected chi connectivity index (χ2v) is 7.07. The molecule has 25 heavy (non-hydrogen) atoms. The zero-order valence-corrected chi connectivity index (χ0v) is 13.7. The van der Waals surface area contributed by atoms with Gasteiger partial charge in [-0.25, -0.2) is 15.0 Å². The Morgan fingerprint density at radius 3 is 2.96 bits per heavy atom. The van der Waals surface area contributed by atoms with E-state index >= 15 is 0 Å². The van der Waals surface area contributed by atoms with Crippen LogP contribution in [0.25, 0.3) is 5.69 Å². The topological polar surface area (TPSA) is 67.4 Å². The van der Waals surface area contributed by atoms with Crippen molar-refractivity contribution in [2.24, 2.45) is 4.99 Å². The Labute approximate surface area is 144 Å². The van der Waals surface area contributed by atoms with E-state index in [9.17, 15) is 0 Å². The molecule has 3 aliphatic rings. The van der Waals surface area contributed by atoms with Crippen LogP contribution in [0.5, 0.6) is 0 Å². The van der Waals surface area contributed by atoms with E-state index in [0.29, 0.717) is 0 Å². The lowest BCUT2D eigenvalue weighted by atomic mass is 10.1. The summed E-state index contributed by atoms with van der Waals surface area (Å²) in [5.74, 6) is 0.955. The molecule has 8 nitrogen and oxygen atoms in total. The van der Waals surface area contributed by atoms with Crippen molar-refractivity contribution in [3.05, 3.63) is 54.2 Å². The van der Waals surface area contributed by atoms with Gasteiger partial charge >= 0.3 is 0 Å². The summed E-state index contributed by atoms with van der Waals surface area (Å²) < 4.78 is 2.08. The number of hydrogen-bond donors (Lipinski definition) is 0. The Bertz CT molecular complexity index is 1010. The number of fused-ring (bicyclic) bond motifs is 6. The minimum Gasteiger partial charge on any atom is -0.284 e. The van der Waals surface area contributed by atoms with Crippen LogP contribution in [0.15, 0.2) is 48.0 Å². The van der Waals surface area contributed by atoms with Gasteiger partial charge < -0.3 is 0 Å². The van der Waals surface area contributed by atoms with E-state index in [2.05, 4.69) is 43.9 Å². The number of hydrogen-bond acceptors (Lipinski definition) is 6. The zero-order valence-electron chi connectivity index (χ0n) is 13.7. The molecule has 0 bridgehead atoms. The Morgan fingerprint density at radius 1 is 1.20 bits per heavy atom. The highest BCUT2D eigenvalue weighted by atomic mass is 15.9. The molecule has 4 heterocycles. The predicted molar refractivity (Wildman–Crippen MR) is 92.1 cm³/mol. The molecule has 0 saturated heterocycles. The van der Waals surface area contributed by atoms with Crippen LogP contribution in [0.1, 0.15) is 37.2 Å². The molecule has 1 saturated carbocycles. The molecule has 3 aromatic rings.